The van der Waals surface area contributed by atoms with Crippen molar-refractivity contribution in [1.82, 2.24) is 4.72 Å². The molecule has 0 radical (unpaired) electrons. The van der Waals surface area contributed by atoms with E-state index in [0.29, 0.717) is 15.8 Å². The maximum atomic E-state index is 12.8. The predicted octanol–water partition coefficient (Wildman–Crippen LogP) is 4.04. The third-order valence-electron chi connectivity index (χ3n) is 4.22. The van der Waals surface area contributed by atoms with Crippen molar-refractivity contribution in [3.63, 3.8) is 0 Å². The third kappa shape index (κ3) is 7.13. The number of carbonyl (C=O) groups is 1. The molecule has 0 aromatic heterocycles. The van der Waals surface area contributed by atoms with Crippen molar-refractivity contribution in [3.8, 4) is 5.75 Å². The van der Waals surface area contributed by atoms with Crippen LogP contribution in [0, 0.1) is 5.41 Å². The van der Waals surface area contributed by atoms with Crippen LogP contribution in [0.25, 0.3) is 0 Å². The molecule has 1 atom stereocenters. The van der Waals surface area contributed by atoms with E-state index in [2.05, 4.69) is 20.7 Å². The van der Waals surface area contributed by atoms with Crippen LogP contribution in [0.1, 0.15) is 31.9 Å². The van der Waals surface area contributed by atoms with E-state index in [1.807, 2.05) is 30.3 Å². The number of benzene rings is 2. The van der Waals surface area contributed by atoms with Gasteiger partial charge in [-0.05, 0) is 34.7 Å². The molecule has 2 rings (SSSR count). The molecule has 29 heavy (non-hydrogen) atoms. The molecule has 6 nitrogen and oxygen atoms in total. The van der Waals surface area contributed by atoms with Crippen molar-refractivity contribution < 1.29 is 22.7 Å². The first-order valence-electron chi connectivity index (χ1n) is 9.05. The molecule has 2 aromatic rings. The molecular weight excluding hydrogens is 458 g/mol. The van der Waals surface area contributed by atoms with Crippen LogP contribution in [-0.4, -0.2) is 27.5 Å². The van der Waals surface area contributed by atoms with Crippen molar-refractivity contribution in [3.05, 3.63) is 64.1 Å². The Morgan fingerprint density at radius 1 is 1.14 bits per heavy atom. The number of methoxy groups -OCH3 is 1. The lowest BCUT2D eigenvalue weighted by Gasteiger charge is -2.29. The van der Waals surface area contributed by atoms with Crippen LogP contribution in [0.4, 0.5) is 0 Å². The molecule has 0 saturated carbocycles. The first-order chi connectivity index (χ1) is 13.5. The summed E-state index contributed by atoms with van der Waals surface area (Å²) in [6.45, 7) is 5.43. The summed E-state index contributed by atoms with van der Waals surface area (Å²) in [6, 6.07) is 13.3. The van der Waals surface area contributed by atoms with E-state index < -0.39 is 27.4 Å². The highest BCUT2D eigenvalue weighted by molar-refractivity contribution is 9.10. The van der Waals surface area contributed by atoms with E-state index in [1.54, 1.807) is 39.0 Å². The van der Waals surface area contributed by atoms with E-state index in [4.69, 9.17) is 9.47 Å². The maximum Gasteiger partial charge on any atom is 0.325 e. The summed E-state index contributed by atoms with van der Waals surface area (Å²) < 4.78 is 39.3. The molecule has 0 heterocycles. The molecule has 0 saturated heterocycles. The molecule has 2 aromatic carbocycles. The van der Waals surface area contributed by atoms with Crippen molar-refractivity contribution in [1.29, 1.82) is 0 Å². The molecule has 8 heteroatoms. The average molecular weight is 484 g/mol. The Kier molecular flexibility index (Phi) is 7.85. The Bertz CT molecular complexity index is 939. The van der Waals surface area contributed by atoms with Gasteiger partial charge in [0.1, 0.15) is 18.4 Å². The zero-order valence-electron chi connectivity index (χ0n) is 16.9. The number of halogens is 1. The van der Waals surface area contributed by atoms with Crippen LogP contribution in [0.3, 0.4) is 0 Å². The lowest BCUT2D eigenvalue weighted by Crippen LogP contribution is -2.50. The highest BCUT2D eigenvalue weighted by Gasteiger charge is 2.36. The van der Waals surface area contributed by atoms with Gasteiger partial charge in [-0.2, -0.15) is 0 Å². The normalized spacial score (nSPS) is 13.0. The zero-order chi connectivity index (χ0) is 21.7. The Hall–Kier alpha value is -1.90. The molecule has 0 fully saturated rings. The molecule has 0 spiro atoms. The number of sulfonamides is 1. The van der Waals surface area contributed by atoms with Crippen molar-refractivity contribution in [2.45, 2.75) is 39.2 Å². The molecule has 0 aliphatic carbocycles. The van der Waals surface area contributed by atoms with E-state index in [-0.39, 0.29) is 12.4 Å². The minimum absolute atomic E-state index is 0.0788. The topological polar surface area (TPSA) is 81.7 Å². The van der Waals surface area contributed by atoms with Crippen LogP contribution in [0.15, 0.2) is 53.0 Å². The number of carbonyl (C=O) groups excluding carboxylic acids is 1. The highest BCUT2D eigenvalue weighted by Crippen LogP contribution is 2.26. The van der Waals surface area contributed by atoms with Crippen molar-refractivity contribution in [2.24, 2.45) is 5.41 Å². The third-order valence-corrected chi connectivity index (χ3v) is 6.28. The van der Waals surface area contributed by atoms with Crippen LogP contribution < -0.4 is 9.46 Å². The van der Waals surface area contributed by atoms with Crippen molar-refractivity contribution in [2.75, 3.05) is 7.11 Å². The van der Waals surface area contributed by atoms with E-state index in [9.17, 15) is 13.2 Å². The van der Waals surface area contributed by atoms with Gasteiger partial charge in [0.05, 0.1) is 12.9 Å². The summed E-state index contributed by atoms with van der Waals surface area (Å²) in [5.41, 5.74) is 0.686. The van der Waals surface area contributed by atoms with E-state index >= 15 is 0 Å². The number of hydrogen-bond donors (Lipinski definition) is 1. The number of esters is 1. The summed E-state index contributed by atoms with van der Waals surface area (Å²) in [4.78, 5) is 12.7. The minimum atomic E-state index is -3.83. The number of rotatable bonds is 8. The smallest absolute Gasteiger partial charge is 0.325 e. The second kappa shape index (κ2) is 9.73. The molecule has 158 valence electrons. The van der Waals surface area contributed by atoms with E-state index in [0.717, 1.165) is 5.56 Å². The first-order valence-corrected chi connectivity index (χ1v) is 11.5. The standard InChI is InChI=1S/C21H26BrNO5S/c1-21(2,3)19(20(24)28-13-15-8-6-5-7-9-15)23-29(25,26)14-16-12-17(27-4)10-11-18(16)22/h5-12,19,23H,13-14H2,1-4H3/t19-/m1/s1. The lowest BCUT2D eigenvalue weighted by atomic mass is 9.87. The van der Waals surface area contributed by atoms with Crippen molar-refractivity contribution >= 4 is 31.9 Å². The van der Waals surface area contributed by atoms with E-state index in [1.165, 1.54) is 7.11 Å². The van der Waals surface area contributed by atoms with Gasteiger partial charge in [0.25, 0.3) is 0 Å². The fourth-order valence-electron chi connectivity index (χ4n) is 2.61. The van der Waals surface area contributed by atoms with Gasteiger partial charge in [-0.15, -0.1) is 0 Å². The monoisotopic (exact) mass is 483 g/mol. The van der Waals surface area contributed by atoms with Crippen LogP contribution in [-0.2, 0) is 31.9 Å². The number of nitrogens with one attached hydrogen (secondary N) is 1. The Morgan fingerprint density at radius 2 is 1.79 bits per heavy atom. The van der Waals surface area contributed by atoms with Gasteiger partial charge in [-0.3, -0.25) is 4.79 Å². The Labute approximate surface area is 180 Å². The average Bonchev–Trinajstić information content (AvgIpc) is 2.66. The zero-order valence-corrected chi connectivity index (χ0v) is 19.3. The quantitative estimate of drug-likeness (QED) is 0.573. The summed E-state index contributed by atoms with van der Waals surface area (Å²) in [6.07, 6.45) is 0. The SMILES string of the molecule is COc1ccc(Br)c(CS(=O)(=O)N[C@H](C(=O)OCc2ccccc2)C(C)(C)C)c1. The summed E-state index contributed by atoms with van der Waals surface area (Å²) in [5, 5.41) is 0. The minimum Gasteiger partial charge on any atom is -0.497 e. The van der Waals surface area contributed by atoms with Gasteiger partial charge in [0, 0.05) is 4.47 Å². The van der Waals surface area contributed by atoms with Gasteiger partial charge >= 0.3 is 5.97 Å². The van der Waals surface area contributed by atoms with Gasteiger partial charge in [0.2, 0.25) is 10.0 Å². The number of hydrogen-bond acceptors (Lipinski definition) is 5. The predicted molar refractivity (Wildman–Crippen MR) is 116 cm³/mol. The highest BCUT2D eigenvalue weighted by atomic mass is 79.9. The Balaban J connectivity index is 2.15. The summed E-state index contributed by atoms with van der Waals surface area (Å²) >= 11 is 3.36. The van der Waals surface area contributed by atoms with Gasteiger partial charge < -0.3 is 9.47 Å². The Morgan fingerprint density at radius 3 is 2.38 bits per heavy atom. The maximum absolute atomic E-state index is 12.8. The second-order valence-corrected chi connectivity index (χ2v) is 10.3. The number of ether oxygens (including phenoxy) is 2. The van der Waals surface area contributed by atoms with Gasteiger partial charge in [0.15, 0.2) is 0 Å². The fourth-order valence-corrected chi connectivity index (χ4v) is 4.72. The first kappa shape index (κ1) is 23.4. The second-order valence-electron chi connectivity index (χ2n) is 7.73. The van der Waals surface area contributed by atoms with Crippen LogP contribution in [0.2, 0.25) is 0 Å². The molecule has 1 N–H and O–H groups in total. The molecule has 0 amide bonds. The molecule has 0 aliphatic heterocycles. The fraction of sp³-hybridized carbons (Fsp3) is 0.381. The molecule has 0 aliphatic rings. The lowest BCUT2D eigenvalue weighted by molar-refractivity contribution is -0.149. The molecule has 0 bridgehead atoms. The van der Waals surface area contributed by atoms with Gasteiger partial charge in [-0.25, -0.2) is 13.1 Å². The molecular formula is C21H26BrNO5S. The largest absolute Gasteiger partial charge is 0.497 e. The van der Waals surface area contributed by atoms with Crippen LogP contribution >= 0.6 is 15.9 Å². The molecule has 0 unspecified atom stereocenters. The summed E-state index contributed by atoms with van der Waals surface area (Å²) in [7, 11) is -2.32. The van der Waals surface area contributed by atoms with Gasteiger partial charge in [-0.1, -0.05) is 67.0 Å². The summed E-state index contributed by atoms with van der Waals surface area (Å²) in [5.74, 6) is -0.369. The van der Waals surface area contributed by atoms with Crippen LogP contribution in [0.5, 0.6) is 5.75 Å².